The van der Waals surface area contributed by atoms with Crippen molar-refractivity contribution in [3.05, 3.63) is 77.9 Å². The number of aliphatic hydroxyl groups excluding tert-OH is 1. The molecule has 2 bridgehead atoms. The SMILES string of the molecule is C=CCN(C(=O)C1N([C@@H](CO)Cc2ccccc2)C(=O)[C@@H]2[C@@H](C(=O)O)[C@@]3(C)CCC12S3)c1c(C)cccc1C. The Hall–Kier alpha value is -3.10. The number of hydrogen-bond donors (Lipinski definition) is 2. The molecule has 3 aliphatic heterocycles. The van der Waals surface area contributed by atoms with Gasteiger partial charge in [0.25, 0.3) is 5.91 Å². The minimum Gasteiger partial charge on any atom is -0.481 e. The summed E-state index contributed by atoms with van der Waals surface area (Å²) in [5.41, 5.74) is 3.56. The van der Waals surface area contributed by atoms with Crippen LogP contribution < -0.4 is 4.90 Å². The Morgan fingerprint density at radius 1 is 1.15 bits per heavy atom. The highest BCUT2D eigenvalue weighted by Crippen LogP contribution is 2.71. The van der Waals surface area contributed by atoms with Gasteiger partial charge in [-0.3, -0.25) is 14.4 Å². The Balaban J connectivity index is 1.66. The van der Waals surface area contributed by atoms with Gasteiger partial charge < -0.3 is 20.0 Å². The van der Waals surface area contributed by atoms with Crippen molar-refractivity contribution in [1.82, 2.24) is 4.90 Å². The molecule has 6 atom stereocenters. The highest BCUT2D eigenvalue weighted by atomic mass is 32.2. The molecule has 2 amide bonds. The van der Waals surface area contributed by atoms with E-state index in [1.807, 2.05) is 69.3 Å². The second kappa shape index (κ2) is 10.1. The lowest BCUT2D eigenvalue weighted by atomic mass is 9.66. The van der Waals surface area contributed by atoms with E-state index in [0.717, 1.165) is 22.4 Å². The molecule has 7 nitrogen and oxygen atoms in total. The molecule has 8 heteroatoms. The number of para-hydroxylation sites is 1. The van der Waals surface area contributed by atoms with E-state index in [1.165, 1.54) is 11.8 Å². The first-order valence-electron chi connectivity index (χ1n) is 13.5. The van der Waals surface area contributed by atoms with E-state index in [4.69, 9.17) is 0 Å². The molecule has 39 heavy (non-hydrogen) atoms. The number of aliphatic carboxylic acids is 1. The molecule has 0 saturated carbocycles. The highest BCUT2D eigenvalue weighted by Gasteiger charge is 2.78. The largest absolute Gasteiger partial charge is 0.481 e. The van der Waals surface area contributed by atoms with E-state index in [2.05, 4.69) is 6.58 Å². The Morgan fingerprint density at radius 2 is 1.82 bits per heavy atom. The van der Waals surface area contributed by atoms with Gasteiger partial charge in [-0.05, 0) is 56.7 Å². The zero-order valence-corrected chi connectivity index (χ0v) is 23.5. The normalized spacial score (nSPS) is 29.8. The maximum atomic E-state index is 14.8. The summed E-state index contributed by atoms with van der Waals surface area (Å²) >= 11 is 1.51. The molecule has 0 aromatic heterocycles. The number of rotatable bonds is 9. The number of nitrogens with zero attached hydrogens (tertiary/aromatic N) is 2. The fourth-order valence-corrected chi connectivity index (χ4v) is 9.68. The van der Waals surface area contributed by atoms with Crippen LogP contribution in [0.3, 0.4) is 0 Å². The summed E-state index contributed by atoms with van der Waals surface area (Å²) in [6.07, 6.45) is 3.22. The Labute approximate surface area is 233 Å². The van der Waals surface area contributed by atoms with E-state index in [0.29, 0.717) is 19.3 Å². The van der Waals surface area contributed by atoms with Gasteiger partial charge in [-0.25, -0.2) is 0 Å². The lowest BCUT2D eigenvalue weighted by Crippen LogP contribution is -2.58. The lowest BCUT2D eigenvalue weighted by Gasteiger charge is -2.40. The molecule has 0 radical (unpaired) electrons. The van der Waals surface area contributed by atoms with Crippen LogP contribution in [0.15, 0.2) is 61.2 Å². The summed E-state index contributed by atoms with van der Waals surface area (Å²) in [5.74, 6) is -3.32. The maximum Gasteiger partial charge on any atom is 0.308 e. The van der Waals surface area contributed by atoms with Crippen molar-refractivity contribution >= 4 is 35.2 Å². The average molecular weight is 549 g/mol. The third kappa shape index (κ3) is 4.19. The lowest BCUT2D eigenvalue weighted by molar-refractivity contribution is -0.150. The van der Waals surface area contributed by atoms with Gasteiger partial charge in [0, 0.05) is 17.0 Å². The molecule has 2 unspecified atom stereocenters. The van der Waals surface area contributed by atoms with Crippen LogP contribution in [0.4, 0.5) is 5.69 Å². The number of likely N-dealkylation sites (tertiary alicyclic amines) is 1. The van der Waals surface area contributed by atoms with E-state index in [9.17, 15) is 24.6 Å². The van der Waals surface area contributed by atoms with Crippen molar-refractivity contribution in [3.63, 3.8) is 0 Å². The number of fused-ring (bicyclic) bond motifs is 1. The highest BCUT2D eigenvalue weighted by molar-refractivity contribution is 8.02. The first kappa shape index (κ1) is 27.5. The first-order valence-corrected chi connectivity index (χ1v) is 14.3. The maximum absolute atomic E-state index is 14.8. The van der Waals surface area contributed by atoms with Crippen molar-refractivity contribution in [3.8, 4) is 0 Å². The zero-order valence-electron chi connectivity index (χ0n) is 22.7. The van der Waals surface area contributed by atoms with Crippen LogP contribution in [-0.2, 0) is 20.8 Å². The van der Waals surface area contributed by atoms with Crippen LogP contribution in [0, 0.1) is 25.7 Å². The summed E-state index contributed by atoms with van der Waals surface area (Å²) in [7, 11) is 0. The van der Waals surface area contributed by atoms with Gasteiger partial charge in [0.2, 0.25) is 5.91 Å². The van der Waals surface area contributed by atoms with Gasteiger partial charge in [0.1, 0.15) is 6.04 Å². The zero-order chi connectivity index (χ0) is 28.1. The van der Waals surface area contributed by atoms with Gasteiger partial charge in [-0.1, -0.05) is 54.6 Å². The van der Waals surface area contributed by atoms with Crippen LogP contribution in [0.2, 0.25) is 0 Å². The average Bonchev–Trinajstić information content (AvgIpc) is 3.47. The molecule has 1 spiro atoms. The van der Waals surface area contributed by atoms with Crippen molar-refractivity contribution in [2.45, 2.75) is 61.6 Å². The molecule has 2 aromatic rings. The molecule has 5 rings (SSSR count). The second-order valence-electron chi connectivity index (χ2n) is 11.3. The Morgan fingerprint density at radius 3 is 2.41 bits per heavy atom. The molecule has 3 aliphatic rings. The number of carbonyl (C=O) groups is 3. The molecule has 3 heterocycles. The van der Waals surface area contributed by atoms with Gasteiger partial charge in [-0.15, -0.1) is 18.3 Å². The first-order chi connectivity index (χ1) is 18.6. The number of aliphatic hydroxyl groups is 1. The van der Waals surface area contributed by atoms with Gasteiger partial charge >= 0.3 is 5.97 Å². The Kier molecular flexibility index (Phi) is 7.14. The van der Waals surface area contributed by atoms with Crippen LogP contribution in [-0.4, -0.2) is 67.6 Å². The van der Waals surface area contributed by atoms with Crippen LogP contribution in [0.5, 0.6) is 0 Å². The second-order valence-corrected chi connectivity index (χ2v) is 13.2. The molecule has 2 N–H and O–H groups in total. The molecule has 3 saturated heterocycles. The molecule has 3 fully saturated rings. The number of hydrogen-bond acceptors (Lipinski definition) is 5. The minimum atomic E-state index is -1.00. The quantitative estimate of drug-likeness (QED) is 0.460. The third-order valence-corrected chi connectivity index (χ3v) is 10.9. The van der Waals surface area contributed by atoms with E-state index < -0.39 is 39.4 Å². The number of carbonyl (C=O) groups excluding carboxylic acids is 2. The summed E-state index contributed by atoms with van der Waals surface area (Å²) < 4.78 is -1.52. The number of benzene rings is 2. The number of amides is 2. The van der Waals surface area contributed by atoms with E-state index in [-0.39, 0.29) is 25.0 Å². The number of aryl methyl sites for hydroxylation is 2. The molecule has 206 valence electrons. The van der Waals surface area contributed by atoms with Crippen molar-refractivity contribution in [2.75, 3.05) is 18.1 Å². The molecular formula is C31H36N2O5S. The number of thioether (sulfide) groups is 1. The minimum absolute atomic E-state index is 0.247. The molecule has 0 aliphatic carbocycles. The van der Waals surface area contributed by atoms with E-state index in [1.54, 1.807) is 15.9 Å². The van der Waals surface area contributed by atoms with Crippen LogP contribution >= 0.6 is 11.8 Å². The van der Waals surface area contributed by atoms with Crippen molar-refractivity contribution in [1.29, 1.82) is 0 Å². The fourth-order valence-electron chi connectivity index (χ4n) is 7.35. The number of anilines is 1. The smallest absolute Gasteiger partial charge is 0.308 e. The summed E-state index contributed by atoms with van der Waals surface area (Å²) in [6.45, 7) is 9.63. The van der Waals surface area contributed by atoms with Gasteiger partial charge in [-0.2, -0.15) is 0 Å². The van der Waals surface area contributed by atoms with Crippen LogP contribution in [0.25, 0.3) is 0 Å². The summed E-state index contributed by atoms with van der Waals surface area (Å²) in [5, 5.41) is 20.9. The predicted octanol–water partition coefficient (Wildman–Crippen LogP) is 3.99. The number of carboxylic acids is 1. The fraction of sp³-hybridized carbons (Fsp3) is 0.452. The predicted molar refractivity (Wildman–Crippen MR) is 153 cm³/mol. The van der Waals surface area contributed by atoms with Crippen molar-refractivity contribution in [2.24, 2.45) is 11.8 Å². The standard InChI is InChI=1S/C31H36N2O5S/c1-5-16-32(25-19(2)10-9-11-20(25)3)28(36)26-31-15-14-30(4,39-31)24(29(37)38)23(31)27(35)33(26)22(18-34)17-21-12-7-6-8-13-21/h5-13,22-24,26,34H,1,14-18H2,2-4H3,(H,37,38)/t22-,23+,24+,26?,30-,31?/m1/s1. The molecular weight excluding hydrogens is 512 g/mol. The Bertz CT molecular complexity index is 1300. The number of carboxylic acid groups (broad SMARTS) is 1. The topological polar surface area (TPSA) is 98.2 Å². The van der Waals surface area contributed by atoms with Gasteiger partial charge in [0.15, 0.2) is 0 Å². The van der Waals surface area contributed by atoms with E-state index >= 15 is 0 Å². The summed E-state index contributed by atoms with van der Waals surface area (Å²) in [4.78, 5) is 45.0. The van der Waals surface area contributed by atoms with Crippen LogP contribution in [0.1, 0.15) is 36.5 Å². The van der Waals surface area contributed by atoms with Gasteiger partial charge in [0.05, 0.1) is 29.2 Å². The monoisotopic (exact) mass is 548 g/mol. The molecule has 2 aromatic carbocycles. The summed E-state index contributed by atoms with van der Waals surface area (Å²) in [6, 6.07) is 13.8. The van der Waals surface area contributed by atoms with Crippen molar-refractivity contribution < 1.29 is 24.6 Å². The third-order valence-electron chi connectivity index (χ3n) is 8.92.